The first-order chi connectivity index (χ1) is 27.7. The van der Waals surface area contributed by atoms with Gasteiger partial charge in [-0.3, -0.25) is 28.8 Å². The van der Waals surface area contributed by atoms with E-state index in [1.54, 1.807) is 25.2 Å². The summed E-state index contributed by atoms with van der Waals surface area (Å²) in [6, 6.07) is 0. The Hall–Kier alpha value is -2.76. The van der Waals surface area contributed by atoms with Gasteiger partial charge in [0, 0.05) is 29.1 Å². The molecule has 0 radical (unpaired) electrons. The van der Waals surface area contributed by atoms with Gasteiger partial charge in [0.05, 0.1) is 0 Å². The van der Waals surface area contributed by atoms with Crippen LogP contribution in [0.15, 0.2) is 34.9 Å². The first-order valence-corrected chi connectivity index (χ1v) is 24.0. The van der Waals surface area contributed by atoms with Gasteiger partial charge in [-0.05, 0) is 113 Å². The predicted octanol–water partition coefficient (Wildman–Crippen LogP) is 15.4. The van der Waals surface area contributed by atoms with Crippen molar-refractivity contribution in [3.63, 3.8) is 0 Å². The molecule has 0 amide bonds. The van der Waals surface area contributed by atoms with Gasteiger partial charge in [0.25, 0.3) is 0 Å². The zero-order chi connectivity index (χ0) is 46.1. The molecule has 0 aliphatic heterocycles. The molecule has 2 atom stereocenters. The van der Waals surface area contributed by atoms with E-state index < -0.39 is 0 Å². The van der Waals surface area contributed by atoms with Crippen LogP contribution in [0.5, 0.6) is 0 Å². The van der Waals surface area contributed by atoms with Crippen LogP contribution >= 0.6 is 0 Å². The lowest BCUT2D eigenvalue weighted by Gasteiger charge is -2.29. The third-order valence-corrected chi connectivity index (χ3v) is 11.5. The average molecular weight is 827 g/mol. The molecule has 0 aliphatic rings. The van der Waals surface area contributed by atoms with Gasteiger partial charge < -0.3 is 0 Å². The molecule has 0 aliphatic carbocycles. The van der Waals surface area contributed by atoms with Gasteiger partial charge in [-0.1, -0.05) is 161 Å². The second-order valence-electron chi connectivity index (χ2n) is 18.2. The maximum Gasteiger partial charge on any atom is 0.164 e. The van der Waals surface area contributed by atoms with Gasteiger partial charge in [-0.15, -0.1) is 0 Å². The van der Waals surface area contributed by atoms with Crippen LogP contribution in [0.4, 0.5) is 0 Å². The van der Waals surface area contributed by atoms with E-state index >= 15 is 0 Å². The molecule has 0 rings (SSSR count). The van der Waals surface area contributed by atoms with Crippen LogP contribution < -0.4 is 0 Å². The van der Waals surface area contributed by atoms with Crippen LogP contribution in [-0.2, 0) is 28.8 Å². The maximum absolute atomic E-state index is 12.9. The van der Waals surface area contributed by atoms with Crippen LogP contribution in [0.1, 0.15) is 252 Å². The second kappa shape index (κ2) is 34.9. The van der Waals surface area contributed by atoms with Gasteiger partial charge in [-0.25, -0.2) is 0 Å². The van der Waals surface area contributed by atoms with Crippen molar-refractivity contribution in [2.75, 3.05) is 0 Å². The zero-order valence-corrected chi connectivity index (χ0v) is 41.4. The summed E-state index contributed by atoms with van der Waals surface area (Å²) in [6.07, 6.45) is 26.0. The number of carbonyl (C=O) groups is 6. The van der Waals surface area contributed by atoms with E-state index in [1.165, 1.54) is 6.92 Å². The third kappa shape index (κ3) is 26.9. The first-order valence-electron chi connectivity index (χ1n) is 24.0. The van der Waals surface area contributed by atoms with Crippen LogP contribution in [0.3, 0.4) is 0 Å². The van der Waals surface area contributed by atoms with E-state index in [9.17, 15) is 28.8 Å². The minimum absolute atomic E-state index is 0.0150. The number of hydrogen-bond donors (Lipinski definition) is 0. The Kier molecular flexibility index (Phi) is 35.8. The molecule has 6 nitrogen and oxygen atoms in total. The summed E-state index contributed by atoms with van der Waals surface area (Å²) in [4.78, 5) is 73.0. The molecule has 0 aromatic heterocycles. The lowest BCUT2D eigenvalue weighted by atomic mass is 9.73. The number of unbranched alkanes of at least 4 members (excludes halogenated alkanes) is 6. The van der Waals surface area contributed by atoms with E-state index in [0.29, 0.717) is 24.8 Å². The number of carbonyl (C=O) groups excluding carboxylic acids is 6. The fourth-order valence-electron chi connectivity index (χ4n) is 7.25. The van der Waals surface area contributed by atoms with Crippen molar-refractivity contribution in [1.29, 1.82) is 0 Å². The van der Waals surface area contributed by atoms with Crippen molar-refractivity contribution in [3.05, 3.63) is 34.9 Å². The summed E-state index contributed by atoms with van der Waals surface area (Å²) in [5.41, 5.74) is 1.16. The average Bonchev–Trinajstić information content (AvgIpc) is 3.20. The van der Waals surface area contributed by atoms with E-state index in [1.807, 2.05) is 20.8 Å². The van der Waals surface area contributed by atoms with Gasteiger partial charge in [0.1, 0.15) is 0 Å². The number of rotatable bonds is 32. The van der Waals surface area contributed by atoms with Gasteiger partial charge in [-0.2, -0.15) is 0 Å². The summed E-state index contributed by atoms with van der Waals surface area (Å²) in [5, 5.41) is 0. The van der Waals surface area contributed by atoms with Crippen LogP contribution in [0.2, 0.25) is 0 Å². The smallest absolute Gasteiger partial charge is 0.164 e. The van der Waals surface area contributed by atoms with Crippen molar-refractivity contribution >= 4 is 34.7 Å². The number of hydrogen-bond acceptors (Lipinski definition) is 6. The van der Waals surface area contributed by atoms with Crippen LogP contribution in [0.25, 0.3) is 0 Å². The largest absolute Gasteiger partial charge is 0.295 e. The third-order valence-electron chi connectivity index (χ3n) is 11.5. The molecule has 0 aromatic rings. The molecule has 0 bridgehead atoms. The molecule has 0 N–H and O–H groups in total. The van der Waals surface area contributed by atoms with Crippen molar-refractivity contribution < 1.29 is 28.8 Å². The number of allylic oxidation sites excluding steroid dienone is 6. The molecule has 59 heavy (non-hydrogen) atoms. The van der Waals surface area contributed by atoms with Crippen molar-refractivity contribution in [3.8, 4) is 0 Å². The minimum Gasteiger partial charge on any atom is -0.295 e. The molecule has 0 saturated carbocycles. The van der Waals surface area contributed by atoms with Gasteiger partial charge in [0.15, 0.2) is 34.7 Å². The molecular formula is C53H94O6. The van der Waals surface area contributed by atoms with Crippen LogP contribution in [-0.4, -0.2) is 34.7 Å². The minimum atomic E-state index is -0.345. The summed E-state index contributed by atoms with van der Waals surface area (Å²) in [7, 11) is 0. The molecule has 6 heteroatoms. The number of Topliss-reactive ketones (excluding diaryl/α,β-unsaturated/α-hetero) is 3. The molecular weight excluding hydrogens is 733 g/mol. The molecule has 2 unspecified atom stereocenters. The standard InChI is InChI=1S/2C18H32O2.C17H30O2/c1-6-9-11-16(14-15(4)19)17(20)18(5,12-8-3)13-10-7-2;1-6-9-12-16(19)14-15(11-8-3)17(20)18(4,5)13-10-7-2;1-6-9-11-15(18)13-14(4)16(19)17(5,8-3)12-10-7-2/h2*14H,6-13H2,1-5H3;13H,6-12H2,1-5H3. The highest BCUT2D eigenvalue weighted by Gasteiger charge is 2.34. The summed E-state index contributed by atoms with van der Waals surface area (Å²) >= 11 is 0. The zero-order valence-electron chi connectivity index (χ0n) is 41.4. The lowest BCUT2D eigenvalue weighted by molar-refractivity contribution is -0.125. The topological polar surface area (TPSA) is 102 Å². The Bertz CT molecular complexity index is 1330. The Morgan fingerprint density at radius 2 is 0.814 bits per heavy atom. The van der Waals surface area contributed by atoms with E-state index in [2.05, 4.69) is 69.2 Å². The lowest BCUT2D eigenvalue weighted by Crippen LogP contribution is -2.29. The molecule has 0 aromatic carbocycles. The van der Waals surface area contributed by atoms with E-state index in [4.69, 9.17) is 0 Å². The Labute approximate surface area is 365 Å². The van der Waals surface area contributed by atoms with Crippen molar-refractivity contribution in [2.45, 2.75) is 252 Å². The second-order valence-corrected chi connectivity index (χ2v) is 18.2. The number of ketones is 6. The fraction of sp³-hybridized carbons (Fsp3) is 0.774. The van der Waals surface area contributed by atoms with E-state index in [-0.39, 0.29) is 50.9 Å². The van der Waals surface area contributed by atoms with Crippen molar-refractivity contribution in [2.24, 2.45) is 16.2 Å². The van der Waals surface area contributed by atoms with Crippen LogP contribution in [0, 0.1) is 16.2 Å². The highest BCUT2D eigenvalue weighted by molar-refractivity contribution is 6.06. The highest BCUT2D eigenvalue weighted by Crippen LogP contribution is 2.35. The normalized spacial score (nSPS) is 14.2. The van der Waals surface area contributed by atoms with Crippen molar-refractivity contribution in [1.82, 2.24) is 0 Å². The summed E-state index contributed by atoms with van der Waals surface area (Å²) < 4.78 is 0. The Balaban J connectivity index is -0.000000798. The fourth-order valence-corrected chi connectivity index (χ4v) is 7.25. The van der Waals surface area contributed by atoms with Gasteiger partial charge in [0.2, 0.25) is 0 Å². The molecule has 0 saturated heterocycles. The summed E-state index contributed by atoms with van der Waals surface area (Å²) in [5.74, 6) is 0.692. The predicted molar refractivity (Wildman–Crippen MR) is 253 cm³/mol. The SMILES string of the molecule is CCCCC(=CC(C)=O)C(=O)C(C)(CCC)CCCC.CCCCC(=O)C=C(C)C(=O)C(C)(CC)CCCC.CCCCC(=O)C=C(CCC)C(=O)C(C)(C)CCCC. The quantitative estimate of drug-likeness (QED) is 0.0626. The van der Waals surface area contributed by atoms with E-state index in [0.717, 1.165) is 140 Å². The first kappa shape index (κ1) is 60.5. The van der Waals surface area contributed by atoms with Gasteiger partial charge >= 0.3 is 0 Å². The molecule has 0 heterocycles. The molecule has 0 spiro atoms. The Morgan fingerprint density at radius 1 is 0.390 bits per heavy atom. The molecule has 0 fully saturated rings. The monoisotopic (exact) mass is 827 g/mol. The Morgan fingerprint density at radius 3 is 1.24 bits per heavy atom. The summed E-state index contributed by atoms with van der Waals surface area (Å²) in [6.45, 7) is 30.3. The highest BCUT2D eigenvalue weighted by atomic mass is 16.1. The maximum atomic E-state index is 12.9. The molecule has 342 valence electrons.